The predicted octanol–water partition coefficient (Wildman–Crippen LogP) is 5.10. The van der Waals surface area contributed by atoms with Gasteiger partial charge in [0, 0.05) is 49.9 Å². The van der Waals surface area contributed by atoms with Crippen molar-refractivity contribution in [2.24, 2.45) is 7.05 Å². The Hall–Kier alpha value is -3.79. The summed E-state index contributed by atoms with van der Waals surface area (Å²) in [5.74, 6) is 1.50. The van der Waals surface area contributed by atoms with Gasteiger partial charge in [-0.2, -0.15) is 5.10 Å². The average Bonchev–Trinajstić information content (AvgIpc) is 3.65. The summed E-state index contributed by atoms with van der Waals surface area (Å²) in [6.45, 7) is 6.38. The van der Waals surface area contributed by atoms with Crippen molar-refractivity contribution >= 4 is 23.3 Å². The highest BCUT2D eigenvalue weighted by molar-refractivity contribution is 7.13. The van der Waals surface area contributed by atoms with Gasteiger partial charge in [0.05, 0.1) is 31.2 Å². The van der Waals surface area contributed by atoms with E-state index in [9.17, 15) is 9.59 Å². The van der Waals surface area contributed by atoms with Crippen LogP contribution >= 0.6 is 11.3 Å². The third kappa shape index (κ3) is 3.99. The highest BCUT2D eigenvalue weighted by atomic mass is 32.1. The molecule has 3 aliphatic rings. The van der Waals surface area contributed by atoms with Gasteiger partial charge >= 0.3 is 6.03 Å². The quantitative estimate of drug-likeness (QED) is 0.433. The van der Waals surface area contributed by atoms with E-state index in [1.165, 1.54) is 0 Å². The normalized spacial score (nSPS) is 19.8. The van der Waals surface area contributed by atoms with Gasteiger partial charge in [0.25, 0.3) is 5.91 Å². The fourth-order valence-electron chi connectivity index (χ4n) is 6.72. The first-order valence-corrected chi connectivity index (χ1v) is 14.6. The predicted molar refractivity (Wildman–Crippen MR) is 154 cm³/mol. The van der Waals surface area contributed by atoms with Crippen molar-refractivity contribution in [3.63, 3.8) is 0 Å². The van der Waals surface area contributed by atoms with Gasteiger partial charge in [0.2, 0.25) is 0 Å². The van der Waals surface area contributed by atoms with Crippen LogP contribution in [0.25, 0.3) is 10.6 Å². The number of carbonyl (C=O) groups excluding carboxylic acids is 2. The number of nitrogens with zero attached hydrogens (tertiary/aromatic N) is 5. The van der Waals surface area contributed by atoms with E-state index in [-0.39, 0.29) is 17.9 Å². The molecule has 10 heteroatoms. The summed E-state index contributed by atoms with van der Waals surface area (Å²) < 4.78 is 13.0. The molecule has 0 N–H and O–H groups in total. The van der Waals surface area contributed by atoms with Crippen LogP contribution in [0, 0.1) is 0 Å². The Morgan fingerprint density at radius 1 is 1.18 bits per heavy atom. The largest absolute Gasteiger partial charge is 0.497 e. The van der Waals surface area contributed by atoms with Crippen molar-refractivity contribution in [3.8, 4) is 22.1 Å². The van der Waals surface area contributed by atoms with Crippen molar-refractivity contribution in [2.75, 3.05) is 33.9 Å². The molecule has 0 radical (unpaired) electrons. The Balaban J connectivity index is 1.30. The summed E-state index contributed by atoms with van der Waals surface area (Å²) in [6, 6.07) is 9.82. The Morgan fingerprint density at radius 3 is 2.60 bits per heavy atom. The van der Waals surface area contributed by atoms with Crippen LogP contribution in [0.1, 0.15) is 54.2 Å². The van der Waals surface area contributed by atoms with E-state index < -0.39 is 5.54 Å². The highest BCUT2D eigenvalue weighted by Crippen LogP contribution is 2.49. The highest BCUT2D eigenvalue weighted by Gasteiger charge is 2.55. The minimum Gasteiger partial charge on any atom is -0.497 e. The molecule has 0 saturated carbocycles. The topological polar surface area (TPSA) is 80.1 Å². The van der Waals surface area contributed by atoms with Crippen LogP contribution in [0.2, 0.25) is 0 Å². The molecule has 3 aliphatic heterocycles. The number of likely N-dealkylation sites (N-methyl/N-ethyl adjacent to an activating group) is 1. The molecule has 9 nitrogen and oxygen atoms in total. The second-order valence-corrected chi connectivity index (χ2v) is 11.6. The number of allylic oxidation sites excluding steroid dienone is 1. The molecule has 2 saturated heterocycles. The summed E-state index contributed by atoms with van der Waals surface area (Å²) in [5.41, 5.74) is 4.09. The first-order chi connectivity index (χ1) is 19.3. The van der Waals surface area contributed by atoms with Crippen LogP contribution in [0.4, 0.5) is 4.79 Å². The van der Waals surface area contributed by atoms with Gasteiger partial charge in [-0.25, -0.2) is 4.79 Å². The number of hydrogen-bond acceptors (Lipinski definition) is 6. The maximum absolute atomic E-state index is 13.9. The van der Waals surface area contributed by atoms with Crippen molar-refractivity contribution in [2.45, 2.75) is 44.7 Å². The lowest BCUT2D eigenvalue weighted by Crippen LogP contribution is -2.54. The van der Waals surface area contributed by atoms with Crippen molar-refractivity contribution in [1.29, 1.82) is 0 Å². The van der Waals surface area contributed by atoms with Gasteiger partial charge in [-0.3, -0.25) is 14.4 Å². The summed E-state index contributed by atoms with van der Waals surface area (Å²) in [7, 11) is 5.13. The number of ether oxygens (including phenoxy) is 2. The number of fused-ring (bicyclic) bond motifs is 3. The zero-order valence-electron chi connectivity index (χ0n) is 23.6. The fourth-order valence-corrected chi connectivity index (χ4v) is 7.40. The second-order valence-electron chi connectivity index (χ2n) is 10.7. The summed E-state index contributed by atoms with van der Waals surface area (Å²) in [6.07, 6.45) is 3.60. The molecule has 0 unspecified atom stereocenters. The van der Waals surface area contributed by atoms with Gasteiger partial charge in [-0.05, 0) is 48.9 Å². The van der Waals surface area contributed by atoms with Gasteiger partial charge in [0.15, 0.2) is 0 Å². The number of amides is 3. The molecule has 5 heterocycles. The van der Waals surface area contributed by atoms with Crippen LogP contribution < -0.4 is 9.47 Å². The number of hydrogen-bond donors (Lipinski definition) is 0. The number of piperidine rings is 1. The third-order valence-corrected chi connectivity index (χ3v) is 9.55. The van der Waals surface area contributed by atoms with Gasteiger partial charge in [-0.1, -0.05) is 19.1 Å². The molecule has 2 aromatic heterocycles. The van der Waals surface area contributed by atoms with E-state index in [0.29, 0.717) is 50.5 Å². The van der Waals surface area contributed by atoms with Crippen LogP contribution in [-0.4, -0.2) is 75.8 Å². The lowest BCUT2D eigenvalue weighted by atomic mass is 9.82. The molecule has 3 amide bonds. The second kappa shape index (κ2) is 9.99. The zero-order valence-corrected chi connectivity index (χ0v) is 24.5. The Kier molecular flexibility index (Phi) is 6.60. The zero-order chi connectivity index (χ0) is 28.2. The maximum Gasteiger partial charge on any atom is 0.325 e. The van der Waals surface area contributed by atoms with E-state index in [2.05, 4.69) is 18.1 Å². The first kappa shape index (κ1) is 26.4. The smallest absolute Gasteiger partial charge is 0.325 e. The molecule has 1 spiro atoms. The van der Waals surface area contributed by atoms with Crippen molar-refractivity contribution < 1.29 is 19.1 Å². The molecule has 1 aromatic carbocycles. The van der Waals surface area contributed by atoms with E-state index >= 15 is 0 Å². The molecule has 210 valence electrons. The monoisotopic (exact) mass is 561 g/mol. The molecule has 2 fully saturated rings. The number of methoxy groups -OCH3 is 2. The van der Waals surface area contributed by atoms with Crippen molar-refractivity contribution in [3.05, 3.63) is 64.3 Å². The lowest BCUT2D eigenvalue weighted by molar-refractivity contribution is 0.0566. The molecule has 1 atom stereocenters. The number of urea groups is 1. The SMILES string of the molecule is CCN1C(=O)N2Cc3cc(OC)cc(OC)c3[C@@H](C)C=C2C12CCN(C(=O)c1cc(-c3cccs3)nn1C)CC2. The van der Waals surface area contributed by atoms with Crippen molar-refractivity contribution in [1.82, 2.24) is 24.5 Å². The molecular weight excluding hydrogens is 526 g/mol. The van der Waals surface area contributed by atoms with Crippen LogP contribution in [0.3, 0.4) is 0 Å². The van der Waals surface area contributed by atoms with E-state index in [0.717, 1.165) is 33.1 Å². The number of aryl methyl sites for hydroxylation is 1. The minimum absolute atomic E-state index is 0.0163. The Labute approximate surface area is 238 Å². The summed E-state index contributed by atoms with van der Waals surface area (Å²) in [4.78, 5) is 34.4. The van der Waals surface area contributed by atoms with Gasteiger partial charge in [0.1, 0.15) is 22.9 Å². The molecule has 40 heavy (non-hydrogen) atoms. The maximum atomic E-state index is 13.9. The molecule has 6 rings (SSSR count). The molecular formula is C30H35N5O4S. The number of likely N-dealkylation sites (tertiary alicyclic amines) is 1. The summed E-state index contributed by atoms with van der Waals surface area (Å²) in [5, 5.41) is 6.60. The van der Waals surface area contributed by atoms with Gasteiger partial charge < -0.3 is 19.3 Å². The number of rotatable bonds is 5. The Morgan fingerprint density at radius 2 is 1.95 bits per heavy atom. The van der Waals surface area contributed by atoms with E-state index in [4.69, 9.17) is 9.47 Å². The van der Waals surface area contributed by atoms with Gasteiger partial charge in [-0.15, -0.1) is 11.3 Å². The molecule has 3 aromatic rings. The number of carbonyl (C=O) groups is 2. The summed E-state index contributed by atoms with van der Waals surface area (Å²) >= 11 is 1.61. The standard InChI is InChI=1S/C30H35N5O4S/c1-6-35-29(37)34-18-20-15-21(38-4)16-24(39-5)27(20)19(2)14-26(34)30(35)9-11-33(12-10-30)28(36)23-17-22(31-32(23)3)25-8-7-13-40-25/h7-8,13-17,19H,6,9-12,18H2,1-5H3/t19-/m0/s1. The fraction of sp³-hybridized carbons (Fsp3) is 0.433. The van der Waals surface area contributed by atoms with Crippen LogP contribution in [-0.2, 0) is 13.6 Å². The minimum atomic E-state index is -0.454. The molecule has 0 bridgehead atoms. The van der Waals surface area contributed by atoms with Crippen LogP contribution in [0.15, 0.2) is 47.5 Å². The number of benzene rings is 1. The first-order valence-electron chi connectivity index (χ1n) is 13.7. The third-order valence-electron chi connectivity index (χ3n) is 8.66. The average molecular weight is 562 g/mol. The lowest BCUT2D eigenvalue weighted by Gasteiger charge is -2.44. The van der Waals surface area contributed by atoms with E-state index in [1.54, 1.807) is 30.2 Å². The van der Waals surface area contributed by atoms with E-state index in [1.807, 2.05) is 64.4 Å². The number of aromatic nitrogens is 2. The number of thiophene rings is 1. The van der Waals surface area contributed by atoms with Crippen LogP contribution in [0.5, 0.6) is 11.5 Å². The molecule has 0 aliphatic carbocycles. The Bertz CT molecular complexity index is 1490.